The average Bonchev–Trinajstić information content (AvgIpc) is 2.25. The van der Waals surface area contributed by atoms with Gasteiger partial charge in [0.15, 0.2) is 0 Å². The number of hydrogen-bond acceptors (Lipinski definition) is 4. The highest BCUT2D eigenvalue weighted by molar-refractivity contribution is 7.88. The molecule has 6 heteroatoms. The summed E-state index contributed by atoms with van der Waals surface area (Å²) in [6, 6.07) is 9.10. The van der Waals surface area contributed by atoms with E-state index in [-0.39, 0.29) is 0 Å². The van der Waals surface area contributed by atoms with Crippen LogP contribution in [0, 0.1) is 0 Å². The standard InChI is InChI=1S/C11H18N2O3S/c1-9(13-17(2,14)15)11(12)16-8-10-6-4-3-5-7-10/h3-7,9,11,13H,8,12H2,1-2H3. The Hall–Kier alpha value is -0.950. The summed E-state index contributed by atoms with van der Waals surface area (Å²) in [5.41, 5.74) is 6.72. The first-order chi connectivity index (χ1) is 7.88. The molecule has 0 fully saturated rings. The lowest BCUT2D eigenvalue weighted by atomic mass is 10.2. The summed E-state index contributed by atoms with van der Waals surface area (Å²) < 4.78 is 29.8. The second kappa shape index (κ2) is 6.11. The maximum absolute atomic E-state index is 11.0. The van der Waals surface area contributed by atoms with Crippen molar-refractivity contribution in [2.45, 2.75) is 25.8 Å². The van der Waals surface area contributed by atoms with Gasteiger partial charge in [0.2, 0.25) is 10.0 Å². The Morgan fingerprint density at radius 1 is 1.35 bits per heavy atom. The van der Waals surface area contributed by atoms with E-state index in [0.29, 0.717) is 6.61 Å². The molecule has 0 spiro atoms. The molecule has 3 N–H and O–H groups in total. The molecule has 0 saturated heterocycles. The highest BCUT2D eigenvalue weighted by Gasteiger charge is 2.16. The Morgan fingerprint density at radius 3 is 2.47 bits per heavy atom. The topological polar surface area (TPSA) is 81.4 Å². The third-order valence-electron chi connectivity index (χ3n) is 2.18. The van der Waals surface area contributed by atoms with Crippen molar-refractivity contribution in [2.75, 3.05) is 6.26 Å². The van der Waals surface area contributed by atoms with Gasteiger partial charge < -0.3 is 10.5 Å². The minimum Gasteiger partial charge on any atom is -0.357 e. The van der Waals surface area contributed by atoms with Crippen molar-refractivity contribution < 1.29 is 13.2 Å². The van der Waals surface area contributed by atoms with Crippen LogP contribution in [0.2, 0.25) is 0 Å². The summed E-state index contributed by atoms with van der Waals surface area (Å²) in [5.74, 6) is 0. The molecule has 2 atom stereocenters. The lowest BCUT2D eigenvalue weighted by Gasteiger charge is -2.20. The van der Waals surface area contributed by atoms with E-state index in [1.54, 1.807) is 6.92 Å². The lowest BCUT2D eigenvalue weighted by Crippen LogP contribution is -2.46. The number of sulfonamides is 1. The molecule has 0 saturated carbocycles. The Balaban J connectivity index is 2.42. The molecule has 0 aliphatic rings. The van der Waals surface area contributed by atoms with E-state index >= 15 is 0 Å². The third-order valence-corrected chi connectivity index (χ3v) is 2.98. The Morgan fingerprint density at radius 2 is 1.94 bits per heavy atom. The largest absolute Gasteiger partial charge is 0.357 e. The fourth-order valence-electron chi connectivity index (χ4n) is 1.32. The normalized spacial score (nSPS) is 15.5. The van der Waals surface area contributed by atoms with Crippen LogP contribution in [0.4, 0.5) is 0 Å². The van der Waals surface area contributed by atoms with Crippen LogP contribution in [0.25, 0.3) is 0 Å². The first kappa shape index (κ1) is 14.1. The van der Waals surface area contributed by atoms with Crippen LogP contribution in [0.5, 0.6) is 0 Å². The van der Waals surface area contributed by atoms with Crippen molar-refractivity contribution in [3.63, 3.8) is 0 Å². The van der Waals surface area contributed by atoms with Crippen LogP contribution in [0.3, 0.4) is 0 Å². The van der Waals surface area contributed by atoms with E-state index < -0.39 is 22.3 Å². The fourth-order valence-corrected chi connectivity index (χ4v) is 2.13. The summed E-state index contributed by atoms with van der Waals surface area (Å²) in [4.78, 5) is 0. The third kappa shape index (κ3) is 5.78. The lowest BCUT2D eigenvalue weighted by molar-refractivity contribution is 0.0281. The maximum Gasteiger partial charge on any atom is 0.209 e. The summed E-state index contributed by atoms with van der Waals surface area (Å²) in [6.45, 7) is 2.02. The second-order valence-electron chi connectivity index (χ2n) is 3.94. The Bertz CT molecular complexity index is 433. The molecule has 0 aliphatic heterocycles. The van der Waals surface area contributed by atoms with Crippen molar-refractivity contribution in [3.05, 3.63) is 35.9 Å². The van der Waals surface area contributed by atoms with Crippen molar-refractivity contribution in [1.29, 1.82) is 0 Å². The average molecular weight is 258 g/mol. The predicted molar refractivity (Wildman–Crippen MR) is 66.6 cm³/mol. The van der Waals surface area contributed by atoms with Crippen molar-refractivity contribution in [2.24, 2.45) is 5.73 Å². The molecule has 2 unspecified atom stereocenters. The van der Waals surface area contributed by atoms with Crippen LogP contribution in [0.1, 0.15) is 12.5 Å². The molecule has 0 radical (unpaired) electrons. The van der Waals surface area contributed by atoms with E-state index in [4.69, 9.17) is 10.5 Å². The van der Waals surface area contributed by atoms with Crippen LogP contribution in [-0.2, 0) is 21.4 Å². The van der Waals surface area contributed by atoms with Gasteiger partial charge in [0.05, 0.1) is 18.9 Å². The van der Waals surface area contributed by atoms with Gasteiger partial charge in [0.1, 0.15) is 6.23 Å². The summed E-state index contributed by atoms with van der Waals surface area (Å²) >= 11 is 0. The van der Waals surface area contributed by atoms with E-state index in [1.807, 2.05) is 30.3 Å². The molecule has 0 aromatic heterocycles. The number of nitrogens with two attached hydrogens (primary N) is 1. The molecule has 1 aromatic rings. The molecule has 96 valence electrons. The molecule has 1 rings (SSSR count). The number of rotatable bonds is 6. The van der Waals surface area contributed by atoms with Crippen LogP contribution in [-0.4, -0.2) is 26.9 Å². The molecule has 1 aromatic carbocycles. The molecule has 0 aliphatic carbocycles. The van der Waals surface area contributed by atoms with Gasteiger partial charge in [0, 0.05) is 0 Å². The van der Waals surface area contributed by atoms with Crippen molar-refractivity contribution >= 4 is 10.0 Å². The van der Waals surface area contributed by atoms with Crippen LogP contribution in [0.15, 0.2) is 30.3 Å². The molecular formula is C11H18N2O3S. The zero-order chi connectivity index (χ0) is 12.9. The number of benzene rings is 1. The van der Waals surface area contributed by atoms with Gasteiger partial charge in [-0.25, -0.2) is 13.1 Å². The van der Waals surface area contributed by atoms with E-state index in [2.05, 4.69) is 4.72 Å². The van der Waals surface area contributed by atoms with Gasteiger partial charge in [-0.05, 0) is 12.5 Å². The summed E-state index contributed by atoms with van der Waals surface area (Å²) in [7, 11) is -3.26. The highest BCUT2D eigenvalue weighted by atomic mass is 32.2. The van der Waals surface area contributed by atoms with Crippen LogP contribution >= 0.6 is 0 Å². The summed E-state index contributed by atoms with van der Waals surface area (Å²) in [6.07, 6.45) is 0.415. The Kier molecular flexibility index (Phi) is 5.07. The monoisotopic (exact) mass is 258 g/mol. The smallest absolute Gasteiger partial charge is 0.209 e. The van der Waals surface area contributed by atoms with E-state index in [1.165, 1.54) is 0 Å². The molecule has 17 heavy (non-hydrogen) atoms. The minimum absolute atomic E-state index is 0.359. The molecule has 5 nitrogen and oxygen atoms in total. The van der Waals surface area contributed by atoms with E-state index in [9.17, 15) is 8.42 Å². The van der Waals surface area contributed by atoms with Gasteiger partial charge in [-0.2, -0.15) is 0 Å². The minimum atomic E-state index is -3.26. The maximum atomic E-state index is 11.0. The van der Waals surface area contributed by atoms with Gasteiger partial charge in [-0.3, -0.25) is 0 Å². The zero-order valence-electron chi connectivity index (χ0n) is 9.96. The molecule has 0 heterocycles. The predicted octanol–water partition coefficient (Wildman–Crippen LogP) is 0.426. The van der Waals surface area contributed by atoms with Crippen LogP contribution < -0.4 is 10.5 Å². The van der Waals surface area contributed by atoms with E-state index in [0.717, 1.165) is 11.8 Å². The number of ether oxygens (including phenoxy) is 1. The van der Waals surface area contributed by atoms with Gasteiger partial charge in [-0.15, -0.1) is 0 Å². The zero-order valence-corrected chi connectivity index (χ0v) is 10.8. The SMILES string of the molecule is CC(NS(C)(=O)=O)C(N)OCc1ccccc1. The first-order valence-corrected chi connectivity index (χ1v) is 7.16. The Labute approximate surface area is 102 Å². The second-order valence-corrected chi connectivity index (χ2v) is 5.72. The van der Waals surface area contributed by atoms with Crippen molar-refractivity contribution in [1.82, 2.24) is 4.72 Å². The number of nitrogens with one attached hydrogen (secondary N) is 1. The van der Waals surface area contributed by atoms with Gasteiger partial charge in [0.25, 0.3) is 0 Å². The van der Waals surface area contributed by atoms with Gasteiger partial charge in [-0.1, -0.05) is 30.3 Å². The summed E-state index contributed by atoms with van der Waals surface area (Å²) in [5, 5.41) is 0. The molecular weight excluding hydrogens is 240 g/mol. The molecule has 0 amide bonds. The fraction of sp³-hybridized carbons (Fsp3) is 0.455. The van der Waals surface area contributed by atoms with Gasteiger partial charge >= 0.3 is 0 Å². The van der Waals surface area contributed by atoms with Crippen molar-refractivity contribution in [3.8, 4) is 0 Å². The number of hydrogen-bond donors (Lipinski definition) is 2. The molecule has 0 bridgehead atoms. The highest BCUT2D eigenvalue weighted by Crippen LogP contribution is 2.03. The first-order valence-electron chi connectivity index (χ1n) is 5.27. The quantitative estimate of drug-likeness (QED) is 0.725.